The van der Waals surface area contributed by atoms with Gasteiger partial charge in [-0.2, -0.15) is 0 Å². The third-order valence-corrected chi connectivity index (χ3v) is 5.32. The van der Waals surface area contributed by atoms with Crippen molar-refractivity contribution in [2.24, 2.45) is 0 Å². The SMILES string of the molecule is CC(C)(C)c1ccc(C(=C2CCCN2)c2ccc(C(C)(C)C)cc2)cc1. The van der Waals surface area contributed by atoms with E-state index in [2.05, 4.69) is 95.4 Å². The number of hydrogen-bond donors (Lipinski definition) is 1. The van der Waals surface area contributed by atoms with Gasteiger partial charge in [0.1, 0.15) is 0 Å². The lowest BCUT2D eigenvalue weighted by Gasteiger charge is -2.21. The van der Waals surface area contributed by atoms with Gasteiger partial charge in [-0.3, -0.25) is 0 Å². The molecular weight excluding hydrogens is 314 g/mol. The number of benzene rings is 2. The molecule has 1 N–H and O–H groups in total. The minimum absolute atomic E-state index is 0.186. The zero-order valence-electron chi connectivity index (χ0n) is 17.2. The first kappa shape index (κ1) is 18.8. The Labute approximate surface area is 159 Å². The molecule has 0 unspecified atom stereocenters. The Morgan fingerprint density at radius 1 is 0.692 bits per heavy atom. The molecule has 26 heavy (non-hydrogen) atoms. The first-order chi connectivity index (χ1) is 12.2. The van der Waals surface area contributed by atoms with Gasteiger partial charge in [0.25, 0.3) is 0 Å². The lowest BCUT2D eigenvalue weighted by Crippen LogP contribution is -2.12. The predicted molar refractivity (Wildman–Crippen MR) is 114 cm³/mol. The summed E-state index contributed by atoms with van der Waals surface area (Å²) in [7, 11) is 0. The summed E-state index contributed by atoms with van der Waals surface area (Å²) in [6.07, 6.45) is 2.36. The molecule has 1 saturated heterocycles. The van der Waals surface area contributed by atoms with Gasteiger partial charge in [-0.1, -0.05) is 90.1 Å². The molecule has 0 aliphatic carbocycles. The summed E-state index contributed by atoms with van der Waals surface area (Å²) in [6.45, 7) is 14.7. The van der Waals surface area contributed by atoms with Crippen LogP contribution in [0.3, 0.4) is 0 Å². The second-order valence-electron chi connectivity index (χ2n) is 9.54. The van der Waals surface area contributed by atoms with E-state index in [0.717, 1.165) is 13.0 Å². The van der Waals surface area contributed by atoms with Crippen molar-refractivity contribution in [1.29, 1.82) is 0 Å². The maximum Gasteiger partial charge on any atom is 0.0193 e. The molecule has 0 saturated carbocycles. The van der Waals surface area contributed by atoms with Crippen molar-refractivity contribution in [3.05, 3.63) is 76.5 Å². The normalized spacial score (nSPS) is 15.1. The molecule has 1 heteroatoms. The van der Waals surface area contributed by atoms with E-state index in [1.54, 1.807) is 0 Å². The Bertz CT molecular complexity index is 711. The van der Waals surface area contributed by atoms with Crippen molar-refractivity contribution in [1.82, 2.24) is 5.32 Å². The molecular formula is C25H33N. The first-order valence-electron chi connectivity index (χ1n) is 9.85. The van der Waals surface area contributed by atoms with E-state index < -0.39 is 0 Å². The number of rotatable bonds is 2. The van der Waals surface area contributed by atoms with E-state index in [4.69, 9.17) is 0 Å². The lowest BCUT2D eigenvalue weighted by atomic mass is 9.84. The summed E-state index contributed by atoms with van der Waals surface area (Å²) in [5, 5.41) is 3.62. The van der Waals surface area contributed by atoms with Gasteiger partial charge in [-0.15, -0.1) is 0 Å². The predicted octanol–water partition coefficient (Wildman–Crippen LogP) is 6.42. The molecule has 0 radical (unpaired) electrons. The Balaban J connectivity index is 2.04. The van der Waals surface area contributed by atoms with Gasteiger partial charge in [0.2, 0.25) is 0 Å². The third kappa shape index (κ3) is 4.03. The summed E-state index contributed by atoms with van der Waals surface area (Å²) in [6, 6.07) is 18.3. The van der Waals surface area contributed by atoms with Crippen LogP contribution in [-0.4, -0.2) is 6.54 Å². The summed E-state index contributed by atoms with van der Waals surface area (Å²) in [5.41, 5.74) is 8.51. The largest absolute Gasteiger partial charge is 0.388 e. The summed E-state index contributed by atoms with van der Waals surface area (Å²) < 4.78 is 0. The van der Waals surface area contributed by atoms with Crippen molar-refractivity contribution < 1.29 is 0 Å². The molecule has 2 aromatic carbocycles. The standard InChI is InChI=1S/C25H33N/c1-24(2,3)20-13-9-18(10-14-20)23(22-8-7-17-26-22)19-11-15-21(16-12-19)25(4,5)6/h9-16,26H,7-8,17H2,1-6H3. The fourth-order valence-electron chi connectivity index (χ4n) is 3.60. The zero-order valence-corrected chi connectivity index (χ0v) is 17.2. The van der Waals surface area contributed by atoms with Crippen LogP contribution in [0, 0.1) is 0 Å². The summed E-state index contributed by atoms with van der Waals surface area (Å²) in [5.74, 6) is 0. The van der Waals surface area contributed by atoms with Gasteiger partial charge in [0.15, 0.2) is 0 Å². The third-order valence-electron chi connectivity index (χ3n) is 5.32. The van der Waals surface area contributed by atoms with Crippen molar-refractivity contribution >= 4 is 5.57 Å². The van der Waals surface area contributed by atoms with Gasteiger partial charge in [0.05, 0.1) is 0 Å². The Morgan fingerprint density at radius 3 is 1.42 bits per heavy atom. The summed E-state index contributed by atoms with van der Waals surface area (Å²) in [4.78, 5) is 0. The second kappa shape index (κ2) is 6.95. The van der Waals surface area contributed by atoms with Crippen LogP contribution in [0.2, 0.25) is 0 Å². The molecule has 1 heterocycles. The van der Waals surface area contributed by atoms with Crippen LogP contribution in [0.15, 0.2) is 54.2 Å². The topological polar surface area (TPSA) is 12.0 Å². The summed E-state index contributed by atoms with van der Waals surface area (Å²) >= 11 is 0. The van der Waals surface area contributed by atoms with E-state index in [-0.39, 0.29) is 10.8 Å². The first-order valence-corrected chi connectivity index (χ1v) is 9.85. The quantitative estimate of drug-likeness (QED) is 0.660. The second-order valence-corrected chi connectivity index (χ2v) is 9.54. The monoisotopic (exact) mass is 347 g/mol. The van der Waals surface area contributed by atoms with Gasteiger partial charge >= 0.3 is 0 Å². The molecule has 0 bridgehead atoms. The average Bonchev–Trinajstić information content (AvgIpc) is 3.08. The highest BCUT2D eigenvalue weighted by Crippen LogP contribution is 2.33. The maximum atomic E-state index is 3.62. The fraction of sp³-hybridized carbons (Fsp3) is 0.440. The highest BCUT2D eigenvalue weighted by atomic mass is 14.9. The molecule has 138 valence electrons. The molecule has 1 aliphatic heterocycles. The smallest absolute Gasteiger partial charge is 0.0193 e. The van der Waals surface area contributed by atoms with Gasteiger partial charge in [-0.25, -0.2) is 0 Å². The van der Waals surface area contributed by atoms with Crippen LogP contribution in [0.1, 0.15) is 76.6 Å². The highest BCUT2D eigenvalue weighted by molar-refractivity contribution is 5.82. The molecule has 3 rings (SSSR count). The molecule has 1 aliphatic rings. The van der Waals surface area contributed by atoms with Gasteiger partial charge in [-0.05, 0) is 45.9 Å². The zero-order chi connectivity index (χ0) is 18.9. The van der Waals surface area contributed by atoms with E-state index >= 15 is 0 Å². The van der Waals surface area contributed by atoms with Crippen LogP contribution in [0.25, 0.3) is 5.57 Å². The molecule has 0 aromatic heterocycles. The van der Waals surface area contributed by atoms with Crippen molar-refractivity contribution in [2.75, 3.05) is 6.54 Å². The Hall–Kier alpha value is -2.02. The molecule has 0 amide bonds. The highest BCUT2D eigenvalue weighted by Gasteiger charge is 2.19. The van der Waals surface area contributed by atoms with E-state index in [1.165, 1.54) is 39.9 Å². The van der Waals surface area contributed by atoms with Crippen molar-refractivity contribution in [3.63, 3.8) is 0 Å². The molecule has 1 nitrogen and oxygen atoms in total. The van der Waals surface area contributed by atoms with Crippen LogP contribution < -0.4 is 5.32 Å². The van der Waals surface area contributed by atoms with Crippen LogP contribution in [0.4, 0.5) is 0 Å². The van der Waals surface area contributed by atoms with Crippen molar-refractivity contribution in [3.8, 4) is 0 Å². The molecule has 1 fully saturated rings. The van der Waals surface area contributed by atoms with Crippen LogP contribution in [0.5, 0.6) is 0 Å². The van der Waals surface area contributed by atoms with Gasteiger partial charge < -0.3 is 5.32 Å². The maximum absolute atomic E-state index is 3.62. The molecule has 0 spiro atoms. The Morgan fingerprint density at radius 2 is 1.12 bits per heavy atom. The number of hydrogen-bond acceptors (Lipinski definition) is 1. The average molecular weight is 348 g/mol. The van der Waals surface area contributed by atoms with E-state index in [0.29, 0.717) is 0 Å². The minimum Gasteiger partial charge on any atom is -0.388 e. The molecule has 0 atom stereocenters. The fourth-order valence-corrected chi connectivity index (χ4v) is 3.60. The van der Waals surface area contributed by atoms with Crippen LogP contribution >= 0.6 is 0 Å². The number of nitrogens with one attached hydrogen (secondary N) is 1. The Kier molecular flexibility index (Phi) is 5.01. The van der Waals surface area contributed by atoms with Gasteiger partial charge in [0, 0.05) is 17.8 Å². The van der Waals surface area contributed by atoms with E-state index in [1.807, 2.05) is 0 Å². The molecule has 2 aromatic rings. The van der Waals surface area contributed by atoms with Crippen LogP contribution in [-0.2, 0) is 10.8 Å². The lowest BCUT2D eigenvalue weighted by molar-refractivity contribution is 0.590. The van der Waals surface area contributed by atoms with E-state index in [9.17, 15) is 0 Å². The van der Waals surface area contributed by atoms with Crippen molar-refractivity contribution in [2.45, 2.75) is 65.2 Å². The minimum atomic E-state index is 0.186. The number of allylic oxidation sites excluding steroid dienone is 1.